The van der Waals surface area contributed by atoms with Gasteiger partial charge in [-0.2, -0.15) is 5.10 Å². The Kier molecular flexibility index (Phi) is 3.85. The number of halogens is 1. The van der Waals surface area contributed by atoms with Crippen molar-refractivity contribution >= 4 is 0 Å². The average molecular weight is 263 g/mol. The van der Waals surface area contributed by atoms with Gasteiger partial charge in [0.15, 0.2) is 0 Å². The number of rotatable bonds is 4. The maximum absolute atomic E-state index is 14.0. The fourth-order valence-electron chi connectivity index (χ4n) is 2.14. The maximum Gasteiger partial charge on any atom is 0.132 e. The normalized spacial score (nSPS) is 12.5. The second-order valence-corrected chi connectivity index (χ2v) is 4.42. The second-order valence-electron chi connectivity index (χ2n) is 4.42. The van der Waals surface area contributed by atoms with Gasteiger partial charge in [-0.05, 0) is 12.5 Å². The lowest BCUT2D eigenvalue weighted by molar-refractivity contribution is 0.410. The van der Waals surface area contributed by atoms with Gasteiger partial charge in [-0.3, -0.25) is 4.68 Å². The van der Waals surface area contributed by atoms with Crippen molar-refractivity contribution in [1.29, 1.82) is 0 Å². The molecule has 0 radical (unpaired) electrons. The molecule has 2 rings (SSSR count). The highest BCUT2D eigenvalue weighted by Crippen LogP contribution is 2.27. The molecule has 0 aliphatic heterocycles. The fraction of sp³-hybridized carbons (Fsp3) is 0.357. The van der Waals surface area contributed by atoms with Crippen LogP contribution in [0.4, 0.5) is 4.39 Å². The molecular weight excluding hydrogens is 245 g/mol. The van der Waals surface area contributed by atoms with Crippen molar-refractivity contribution < 1.29 is 9.13 Å². The molecule has 102 valence electrons. The SMILES string of the molecule is CCc1nn(C)cc1C(N)c1ccc(OC)cc1F. The molecule has 2 aromatic rings. The summed E-state index contributed by atoms with van der Waals surface area (Å²) in [5.74, 6) is 0.119. The zero-order valence-electron chi connectivity index (χ0n) is 11.4. The first kappa shape index (κ1) is 13.5. The van der Waals surface area contributed by atoms with Gasteiger partial charge < -0.3 is 10.5 Å². The third-order valence-electron chi connectivity index (χ3n) is 3.15. The molecule has 0 bridgehead atoms. The molecule has 2 N–H and O–H groups in total. The van der Waals surface area contributed by atoms with Crippen molar-refractivity contribution in [3.63, 3.8) is 0 Å². The van der Waals surface area contributed by atoms with E-state index in [0.717, 1.165) is 17.7 Å². The first-order valence-electron chi connectivity index (χ1n) is 6.18. The van der Waals surface area contributed by atoms with Crippen LogP contribution in [0.15, 0.2) is 24.4 Å². The monoisotopic (exact) mass is 263 g/mol. The molecule has 0 aliphatic rings. The molecule has 0 spiro atoms. The van der Waals surface area contributed by atoms with E-state index in [2.05, 4.69) is 5.10 Å². The number of hydrogen-bond acceptors (Lipinski definition) is 3. The Morgan fingerprint density at radius 1 is 1.42 bits per heavy atom. The number of nitrogens with two attached hydrogens (primary N) is 1. The quantitative estimate of drug-likeness (QED) is 0.919. The van der Waals surface area contributed by atoms with Crippen molar-refractivity contribution in [2.24, 2.45) is 12.8 Å². The van der Waals surface area contributed by atoms with Crippen LogP contribution in [0, 0.1) is 5.82 Å². The van der Waals surface area contributed by atoms with Gasteiger partial charge in [0.1, 0.15) is 11.6 Å². The number of ether oxygens (including phenoxy) is 1. The molecule has 19 heavy (non-hydrogen) atoms. The van der Waals surface area contributed by atoms with Crippen molar-refractivity contribution in [1.82, 2.24) is 9.78 Å². The van der Waals surface area contributed by atoms with E-state index in [4.69, 9.17) is 10.5 Å². The highest BCUT2D eigenvalue weighted by atomic mass is 19.1. The fourth-order valence-corrected chi connectivity index (χ4v) is 2.14. The Labute approximate surface area is 112 Å². The van der Waals surface area contributed by atoms with E-state index in [9.17, 15) is 4.39 Å². The van der Waals surface area contributed by atoms with Crippen LogP contribution in [0.5, 0.6) is 5.75 Å². The number of nitrogens with zero attached hydrogens (tertiary/aromatic N) is 2. The van der Waals surface area contributed by atoms with Gasteiger partial charge in [-0.25, -0.2) is 4.39 Å². The van der Waals surface area contributed by atoms with Crippen LogP contribution < -0.4 is 10.5 Å². The van der Waals surface area contributed by atoms with Gasteiger partial charge in [0.05, 0.1) is 18.8 Å². The lowest BCUT2D eigenvalue weighted by atomic mass is 9.98. The summed E-state index contributed by atoms with van der Waals surface area (Å²) in [5, 5.41) is 4.33. The van der Waals surface area contributed by atoms with Crippen molar-refractivity contribution in [2.75, 3.05) is 7.11 Å². The largest absolute Gasteiger partial charge is 0.497 e. The first-order chi connectivity index (χ1) is 9.06. The Balaban J connectivity index is 2.40. The average Bonchev–Trinajstić information content (AvgIpc) is 2.79. The standard InChI is InChI=1S/C14H18FN3O/c1-4-13-11(8-18(2)17-13)14(16)10-6-5-9(19-3)7-12(10)15/h5-8,14H,4,16H2,1-3H3. The lowest BCUT2D eigenvalue weighted by Gasteiger charge is -2.13. The van der Waals surface area contributed by atoms with Gasteiger partial charge in [0.2, 0.25) is 0 Å². The molecule has 1 aromatic carbocycles. The Bertz CT molecular complexity index is 580. The first-order valence-corrected chi connectivity index (χ1v) is 6.18. The summed E-state index contributed by atoms with van der Waals surface area (Å²) in [7, 11) is 3.34. The highest BCUT2D eigenvalue weighted by molar-refractivity contribution is 5.37. The van der Waals surface area contributed by atoms with Crippen LogP contribution in [-0.2, 0) is 13.5 Å². The van der Waals surface area contributed by atoms with E-state index in [0.29, 0.717) is 11.3 Å². The Morgan fingerprint density at radius 2 is 2.16 bits per heavy atom. The smallest absolute Gasteiger partial charge is 0.132 e. The summed E-state index contributed by atoms with van der Waals surface area (Å²) < 4.78 is 20.7. The molecular formula is C14H18FN3O. The van der Waals surface area contributed by atoms with E-state index >= 15 is 0 Å². The molecule has 1 heterocycles. The van der Waals surface area contributed by atoms with E-state index in [-0.39, 0.29) is 5.82 Å². The van der Waals surface area contributed by atoms with E-state index in [1.165, 1.54) is 13.2 Å². The summed E-state index contributed by atoms with van der Waals surface area (Å²) >= 11 is 0. The third kappa shape index (κ3) is 2.61. The molecule has 5 heteroatoms. The van der Waals surface area contributed by atoms with E-state index < -0.39 is 6.04 Å². The van der Waals surface area contributed by atoms with Crippen LogP contribution in [-0.4, -0.2) is 16.9 Å². The number of aromatic nitrogens is 2. The van der Waals surface area contributed by atoms with Crippen LogP contribution in [0.3, 0.4) is 0 Å². The molecule has 0 saturated carbocycles. The summed E-state index contributed by atoms with van der Waals surface area (Å²) in [4.78, 5) is 0. The van der Waals surface area contributed by atoms with Crippen molar-refractivity contribution in [3.05, 3.63) is 47.0 Å². The zero-order chi connectivity index (χ0) is 14.0. The van der Waals surface area contributed by atoms with Gasteiger partial charge in [-0.1, -0.05) is 13.0 Å². The molecule has 1 unspecified atom stereocenters. The summed E-state index contributed by atoms with van der Waals surface area (Å²) in [5.41, 5.74) is 8.36. The minimum absolute atomic E-state index is 0.363. The zero-order valence-corrected chi connectivity index (χ0v) is 11.4. The van der Waals surface area contributed by atoms with Gasteiger partial charge in [-0.15, -0.1) is 0 Å². The summed E-state index contributed by atoms with van der Waals surface area (Å²) in [6, 6.07) is 4.19. The minimum Gasteiger partial charge on any atom is -0.497 e. The molecule has 1 aromatic heterocycles. The maximum atomic E-state index is 14.0. The summed E-state index contributed by atoms with van der Waals surface area (Å²) in [6.07, 6.45) is 2.61. The molecule has 1 atom stereocenters. The molecule has 0 fully saturated rings. The molecule has 0 saturated heterocycles. The number of hydrogen-bond donors (Lipinski definition) is 1. The minimum atomic E-state index is -0.519. The lowest BCUT2D eigenvalue weighted by Crippen LogP contribution is -2.14. The highest BCUT2D eigenvalue weighted by Gasteiger charge is 2.19. The molecule has 4 nitrogen and oxygen atoms in total. The van der Waals surface area contributed by atoms with Crippen LogP contribution in [0.2, 0.25) is 0 Å². The molecule has 0 amide bonds. The third-order valence-corrected chi connectivity index (χ3v) is 3.15. The number of benzene rings is 1. The van der Waals surface area contributed by atoms with Crippen molar-refractivity contribution in [2.45, 2.75) is 19.4 Å². The van der Waals surface area contributed by atoms with Gasteiger partial charge in [0.25, 0.3) is 0 Å². The number of aryl methyl sites for hydroxylation is 2. The molecule has 0 aliphatic carbocycles. The predicted molar refractivity (Wildman–Crippen MR) is 71.6 cm³/mol. The van der Waals surface area contributed by atoms with Crippen LogP contribution >= 0.6 is 0 Å². The van der Waals surface area contributed by atoms with Crippen LogP contribution in [0.1, 0.15) is 29.8 Å². The Hall–Kier alpha value is -1.88. The topological polar surface area (TPSA) is 53.1 Å². The number of methoxy groups -OCH3 is 1. The van der Waals surface area contributed by atoms with Gasteiger partial charge >= 0.3 is 0 Å². The van der Waals surface area contributed by atoms with Crippen molar-refractivity contribution in [3.8, 4) is 5.75 Å². The van der Waals surface area contributed by atoms with Crippen LogP contribution in [0.25, 0.3) is 0 Å². The predicted octanol–water partition coefficient (Wildman–Crippen LogP) is 2.18. The van der Waals surface area contributed by atoms with E-state index in [1.54, 1.807) is 16.8 Å². The van der Waals surface area contributed by atoms with Gasteiger partial charge in [0, 0.05) is 30.4 Å². The summed E-state index contributed by atoms with van der Waals surface area (Å²) in [6.45, 7) is 2.00. The second kappa shape index (κ2) is 5.40. The Morgan fingerprint density at radius 3 is 2.74 bits per heavy atom. The van der Waals surface area contributed by atoms with E-state index in [1.807, 2.05) is 20.2 Å².